The minimum atomic E-state index is -0.678. The lowest BCUT2D eigenvalue weighted by Crippen LogP contribution is -2.39. The number of hydrogen-bond donors (Lipinski definition) is 2. The van der Waals surface area contributed by atoms with Gasteiger partial charge < -0.3 is 5.11 Å². The molecule has 6 rings (SSSR count). The lowest BCUT2D eigenvalue weighted by molar-refractivity contribution is -0.126. The Bertz CT molecular complexity index is 1420. The second-order valence-corrected chi connectivity index (χ2v) is 9.82. The van der Waals surface area contributed by atoms with Crippen molar-refractivity contribution in [3.05, 3.63) is 75.3 Å². The van der Waals surface area contributed by atoms with Crippen LogP contribution in [0.4, 0.5) is 0 Å². The van der Waals surface area contributed by atoms with Crippen molar-refractivity contribution >= 4 is 50.1 Å². The number of carbonyl (C=O) groups excluding carboxylic acids is 4. The number of phenols is 1. The summed E-state index contributed by atoms with van der Waals surface area (Å²) in [6.45, 7) is 0. The molecule has 164 valence electrons. The number of phenolic OH excluding ortho intramolecular Hbond substituents is 1. The first kappa shape index (κ1) is 20.3. The fourth-order valence-electron chi connectivity index (χ4n) is 6.04. The lowest BCUT2D eigenvalue weighted by atomic mass is 9.59. The van der Waals surface area contributed by atoms with Gasteiger partial charge in [-0.25, -0.2) is 0 Å². The first-order valence-electron chi connectivity index (χ1n) is 10.8. The SMILES string of the molecule is O=C1C=C(Br)C(=O)C2=C1[C@@H](c1c(O)ccc3ccccc13)C1=CC[C@@H]3C(=O)NC(=O)[C@@H]3[C@@H]1C2. The van der Waals surface area contributed by atoms with E-state index in [0.717, 1.165) is 16.3 Å². The largest absolute Gasteiger partial charge is 0.508 e. The number of aromatic hydroxyl groups is 1. The van der Waals surface area contributed by atoms with Crippen molar-refractivity contribution in [2.24, 2.45) is 17.8 Å². The number of imide groups is 1. The van der Waals surface area contributed by atoms with Crippen molar-refractivity contribution in [3.63, 3.8) is 0 Å². The Morgan fingerprint density at radius 3 is 2.58 bits per heavy atom. The normalized spacial score (nSPS) is 28.8. The molecule has 0 bridgehead atoms. The Morgan fingerprint density at radius 2 is 1.76 bits per heavy atom. The molecule has 0 unspecified atom stereocenters. The lowest BCUT2D eigenvalue weighted by Gasteiger charge is -2.42. The van der Waals surface area contributed by atoms with Crippen molar-refractivity contribution in [1.29, 1.82) is 0 Å². The van der Waals surface area contributed by atoms with Gasteiger partial charge in [-0.15, -0.1) is 0 Å². The van der Waals surface area contributed by atoms with Crippen LogP contribution in [0.25, 0.3) is 10.8 Å². The molecule has 1 heterocycles. The number of ketones is 2. The third kappa shape index (κ3) is 2.78. The van der Waals surface area contributed by atoms with Crippen LogP contribution >= 0.6 is 15.9 Å². The minimum Gasteiger partial charge on any atom is -0.508 e. The number of nitrogens with one attached hydrogen (secondary N) is 1. The number of halogens is 1. The number of benzene rings is 2. The molecule has 2 amide bonds. The molecule has 4 aliphatic rings. The summed E-state index contributed by atoms with van der Waals surface area (Å²) in [5, 5.41) is 15.1. The summed E-state index contributed by atoms with van der Waals surface area (Å²) < 4.78 is 0.180. The van der Waals surface area contributed by atoms with Crippen molar-refractivity contribution in [1.82, 2.24) is 5.32 Å². The third-order valence-electron chi connectivity index (χ3n) is 7.41. The first-order chi connectivity index (χ1) is 15.9. The van der Waals surface area contributed by atoms with E-state index in [2.05, 4.69) is 21.2 Å². The predicted octanol–water partition coefficient (Wildman–Crippen LogP) is 3.60. The van der Waals surface area contributed by atoms with Gasteiger partial charge in [0, 0.05) is 28.7 Å². The van der Waals surface area contributed by atoms with Gasteiger partial charge in [-0.1, -0.05) is 42.0 Å². The van der Waals surface area contributed by atoms with Crippen LogP contribution < -0.4 is 5.32 Å². The van der Waals surface area contributed by atoms with Gasteiger partial charge in [-0.2, -0.15) is 0 Å². The Kier molecular flexibility index (Phi) is 4.36. The number of rotatable bonds is 1. The molecule has 4 atom stereocenters. The average molecular weight is 504 g/mol. The number of carbonyl (C=O) groups is 4. The van der Waals surface area contributed by atoms with Crippen molar-refractivity contribution in [3.8, 4) is 5.75 Å². The first-order valence-corrected chi connectivity index (χ1v) is 11.6. The van der Waals surface area contributed by atoms with E-state index in [0.29, 0.717) is 23.1 Å². The number of Topliss-reactive ketones (excluding diaryl/α,β-unsaturated/α-hetero) is 1. The van der Waals surface area contributed by atoms with Gasteiger partial charge in [-0.3, -0.25) is 24.5 Å². The number of fused-ring (bicyclic) bond motifs is 4. The molecule has 2 aromatic carbocycles. The highest BCUT2D eigenvalue weighted by atomic mass is 79.9. The second kappa shape index (κ2) is 7.09. The summed E-state index contributed by atoms with van der Waals surface area (Å²) >= 11 is 3.21. The third-order valence-corrected chi connectivity index (χ3v) is 8.00. The molecular formula is C26H18BrNO5. The second-order valence-electron chi connectivity index (χ2n) is 8.97. The quantitative estimate of drug-likeness (QED) is 0.351. The van der Waals surface area contributed by atoms with Gasteiger partial charge in [0.2, 0.25) is 11.8 Å². The summed E-state index contributed by atoms with van der Waals surface area (Å²) in [6.07, 6.45) is 3.80. The molecule has 2 N–H and O–H groups in total. The Morgan fingerprint density at radius 1 is 0.970 bits per heavy atom. The summed E-state index contributed by atoms with van der Waals surface area (Å²) in [7, 11) is 0. The fraction of sp³-hybridized carbons (Fsp3) is 0.231. The van der Waals surface area contributed by atoms with Crippen LogP contribution in [0.5, 0.6) is 5.75 Å². The maximum atomic E-state index is 13.3. The van der Waals surface area contributed by atoms with E-state index < -0.39 is 23.7 Å². The number of hydrogen-bond acceptors (Lipinski definition) is 5. The molecule has 3 aliphatic carbocycles. The van der Waals surface area contributed by atoms with Crippen molar-refractivity contribution in [2.45, 2.75) is 18.8 Å². The molecule has 1 saturated heterocycles. The van der Waals surface area contributed by atoms with Gasteiger partial charge in [0.1, 0.15) is 5.75 Å². The van der Waals surface area contributed by atoms with Crippen LogP contribution in [0.3, 0.4) is 0 Å². The van der Waals surface area contributed by atoms with Crippen LogP contribution in [0, 0.1) is 17.8 Å². The van der Waals surface area contributed by atoms with Crippen LogP contribution in [-0.2, 0) is 19.2 Å². The summed E-state index contributed by atoms with van der Waals surface area (Å²) in [5.41, 5.74) is 2.06. The summed E-state index contributed by atoms with van der Waals surface area (Å²) in [4.78, 5) is 51.6. The van der Waals surface area contributed by atoms with E-state index in [-0.39, 0.29) is 40.0 Å². The molecule has 1 aliphatic heterocycles. The van der Waals surface area contributed by atoms with Crippen molar-refractivity contribution in [2.75, 3.05) is 0 Å². The molecule has 6 nitrogen and oxygen atoms in total. The Balaban J connectivity index is 1.65. The molecule has 1 fully saturated rings. The smallest absolute Gasteiger partial charge is 0.231 e. The van der Waals surface area contributed by atoms with Gasteiger partial charge >= 0.3 is 0 Å². The molecule has 2 aromatic rings. The molecule has 7 heteroatoms. The standard InChI is InChI=1S/C26H18BrNO5/c27-17-10-19(30)22-16(24(17)31)9-15-13(6-7-14-20(15)26(33)28-25(14)32)23(22)21-12-4-2-1-3-11(12)5-8-18(21)29/h1-6,8,10,14-15,20,23,29H,7,9H2,(H,28,32,33)/t14-,15+,20-,23+/m0/s1. The zero-order valence-electron chi connectivity index (χ0n) is 17.3. The highest BCUT2D eigenvalue weighted by Crippen LogP contribution is 2.56. The zero-order valence-corrected chi connectivity index (χ0v) is 18.9. The minimum absolute atomic E-state index is 0.0232. The van der Waals surface area contributed by atoms with Crippen LogP contribution in [0.2, 0.25) is 0 Å². The fourth-order valence-corrected chi connectivity index (χ4v) is 6.48. The highest BCUT2D eigenvalue weighted by molar-refractivity contribution is 9.12. The zero-order chi connectivity index (χ0) is 23.0. The van der Waals surface area contributed by atoms with Crippen LogP contribution in [0.15, 0.2) is 69.8 Å². The molecule has 0 spiro atoms. The van der Waals surface area contributed by atoms with E-state index >= 15 is 0 Å². The van der Waals surface area contributed by atoms with Crippen molar-refractivity contribution < 1.29 is 24.3 Å². The van der Waals surface area contributed by atoms with E-state index in [1.54, 1.807) is 6.07 Å². The number of amides is 2. The summed E-state index contributed by atoms with van der Waals surface area (Å²) in [5.74, 6) is -3.36. The van der Waals surface area contributed by atoms with Gasteiger partial charge in [0.15, 0.2) is 11.6 Å². The summed E-state index contributed by atoms with van der Waals surface area (Å²) in [6, 6.07) is 11.0. The molecule has 0 saturated carbocycles. The predicted molar refractivity (Wildman–Crippen MR) is 123 cm³/mol. The van der Waals surface area contributed by atoms with Crippen LogP contribution in [0.1, 0.15) is 24.3 Å². The topological polar surface area (TPSA) is 101 Å². The van der Waals surface area contributed by atoms with Gasteiger partial charge in [0.25, 0.3) is 0 Å². The highest BCUT2D eigenvalue weighted by Gasteiger charge is 2.54. The van der Waals surface area contributed by atoms with E-state index in [9.17, 15) is 24.3 Å². The Hall–Kier alpha value is -3.32. The maximum Gasteiger partial charge on any atom is 0.231 e. The van der Waals surface area contributed by atoms with Gasteiger partial charge in [0.05, 0.1) is 16.3 Å². The number of allylic oxidation sites excluding steroid dienone is 6. The van der Waals surface area contributed by atoms with E-state index in [1.807, 2.05) is 36.4 Å². The molecule has 0 radical (unpaired) electrons. The maximum absolute atomic E-state index is 13.3. The molecule has 33 heavy (non-hydrogen) atoms. The Labute approximate surface area is 197 Å². The molecular weight excluding hydrogens is 486 g/mol. The molecule has 0 aromatic heterocycles. The monoisotopic (exact) mass is 503 g/mol. The average Bonchev–Trinajstić information content (AvgIpc) is 3.10. The van der Waals surface area contributed by atoms with Gasteiger partial charge in [-0.05, 0) is 51.5 Å². The van der Waals surface area contributed by atoms with Crippen LogP contribution in [-0.4, -0.2) is 28.5 Å². The van der Waals surface area contributed by atoms with E-state index in [1.165, 1.54) is 6.08 Å². The van der Waals surface area contributed by atoms with E-state index in [4.69, 9.17) is 0 Å².